The maximum Gasteiger partial charge on any atom is 0.0500 e. The molecular formula is C8H7BrS. The Morgan fingerprint density at radius 3 is 3.00 bits per heavy atom. The van der Waals surface area contributed by atoms with Gasteiger partial charge in [-0.1, -0.05) is 34.1 Å². The van der Waals surface area contributed by atoms with Gasteiger partial charge in [-0.15, -0.1) is 11.8 Å². The van der Waals surface area contributed by atoms with Gasteiger partial charge in [-0.2, -0.15) is 0 Å². The fourth-order valence-corrected chi connectivity index (χ4v) is 3.13. The average molecular weight is 215 g/mol. The fraction of sp³-hybridized carbons (Fsp3) is 0.250. The van der Waals surface area contributed by atoms with Crippen LogP contribution in [0.2, 0.25) is 0 Å². The number of hydrogen-bond donors (Lipinski definition) is 0. The summed E-state index contributed by atoms with van der Waals surface area (Å²) in [5.74, 6) is 1.18. The summed E-state index contributed by atoms with van der Waals surface area (Å²) in [5.41, 5.74) is 1.45. The van der Waals surface area contributed by atoms with Gasteiger partial charge in [-0.05, 0) is 11.6 Å². The molecule has 0 radical (unpaired) electrons. The van der Waals surface area contributed by atoms with E-state index in [2.05, 4.69) is 40.2 Å². The second kappa shape index (κ2) is 2.59. The lowest BCUT2D eigenvalue weighted by molar-refractivity contribution is 1.13. The van der Waals surface area contributed by atoms with Crippen LogP contribution in [0.4, 0.5) is 0 Å². The van der Waals surface area contributed by atoms with Crippen molar-refractivity contribution in [3.8, 4) is 0 Å². The molecule has 2 heteroatoms. The molecule has 1 aromatic carbocycles. The molecule has 52 valence electrons. The first-order valence-corrected chi connectivity index (χ1v) is 5.14. The van der Waals surface area contributed by atoms with E-state index in [0.717, 1.165) is 0 Å². The predicted molar refractivity (Wildman–Crippen MR) is 48.8 cm³/mol. The standard InChI is InChI=1S/C8H7BrS/c9-7-5-10-8-4-2-1-3-6(7)8/h1-4,7H,5H2. The number of benzene rings is 1. The van der Waals surface area contributed by atoms with Crippen LogP contribution in [0.5, 0.6) is 0 Å². The van der Waals surface area contributed by atoms with Crippen LogP contribution >= 0.6 is 27.7 Å². The number of halogens is 1. The summed E-state index contributed by atoms with van der Waals surface area (Å²) in [6.07, 6.45) is 0. The van der Waals surface area contributed by atoms with E-state index in [1.54, 1.807) is 0 Å². The minimum absolute atomic E-state index is 0.577. The molecule has 0 nitrogen and oxygen atoms in total. The molecule has 10 heavy (non-hydrogen) atoms. The molecule has 2 rings (SSSR count). The summed E-state index contributed by atoms with van der Waals surface area (Å²) in [4.78, 5) is 2.01. The molecule has 0 amide bonds. The summed E-state index contributed by atoms with van der Waals surface area (Å²) in [7, 11) is 0. The summed E-state index contributed by atoms with van der Waals surface area (Å²) in [5, 5.41) is 0. The minimum Gasteiger partial charge on any atom is -0.124 e. The van der Waals surface area contributed by atoms with Crippen LogP contribution in [-0.2, 0) is 0 Å². The van der Waals surface area contributed by atoms with Crippen molar-refractivity contribution in [3.05, 3.63) is 29.8 Å². The Bertz CT molecular complexity index is 247. The Balaban J connectivity index is 2.51. The van der Waals surface area contributed by atoms with Gasteiger partial charge in [0.25, 0.3) is 0 Å². The van der Waals surface area contributed by atoms with Crippen molar-refractivity contribution >= 4 is 27.7 Å². The van der Waals surface area contributed by atoms with Crippen molar-refractivity contribution < 1.29 is 0 Å². The molecule has 1 aliphatic rings. The van der Waals surface area contributed by atoms with Crippen LogP contribution in [0.1, 0.15) is 10.4 Å². The first-order chi connectivity index (χ1) is 4.88. The van der Waals surface area contributed by atoms with Gasteiger partial charge in [0, 0.05) is 15.5 Å². The van der Waals surface area contributed by atoms with E-state index in [0.29, 0.717) is 4.83 Å². The maximum absolute atomic E-state index is 3.62. The molecule has 0 fully saturated rings. The molecule has 0 saturated heterocycles. The molecule has 1 aliphatic heterocycles. The third-order valence-corrected chi connectivity index (χ3v) is 4.07. The van der Waals surface area contributed by atoms with Crippen LogP contribution in [0.15, 0.2) is 29.2 Å². The topological polar surface area (TPSA) is 0 Å². The van der Waals surface area contributed by atoms with Gasteiger partial charge in [0.1, 0.15) is 0 Å². The Labute approximate surface area is 73.1 Å². The molecule has 0 bridgehead atoms. The molecule has 0 N–H and O–H groups in total. The molecule has 0 aliphatic carbocycles. The van der Waals surface area contributed by atoms with Crippen molar-refractivity contribution in [1.82, 2.24) is 0 Å². The van der Waals surface area contributed by atoms with Gasteiger partial charge in [0.05, 0.1) is 0 Å². The molecular weight excluding hydrogens is 208 g/mol. The Hall–Kier alpha value is 0.0500. The van der Waals surface area contributed by atoms with E-state index in [-0.39, 0.29) is 0 Å². The number of thioether (sulfide) groups is 1. The molecule has 1 atom stereocenters. The molecule has 0 aromatic heterocycles. The van der Waals surface area contributed by atoms with Gasteiger partial charge in [0.15, 0.2) is 0 Å². The van der Waals surface area contributed by atoms with Gasteiger partial charge < -0.3 is 0 Å². The van der Waals surface area contributed by atoms with Crippen molar-refractivity contribution in [2.24, 2.45) is 0 Å². The highest BCUT2D eigenvalue weighted by molar-refractivity contribution is 9.09. The highest BCUT2D eigenvalue weighted by Crippen LogP contribution is 2.42. The maximum atomic E-state index is 3.62. The third-order valence-electron chi connectivity index (χ3n) is 1.64. The van der Waals surface area contributed by atoms with E-state index >= 15 is 0 Å². The van der Waals surface area contributed by atoms with Gasteiger partial charge in [0.2, 0.25) is 0 Å². The third kappa shape index (κ3) is 0.995. The summed E-state index contributed by atoms with van der Waals surface area (Å²) in [6.45, 7) is 0. The smallest absolute Gasteiger partial charge is 0.0500 e. The number of alkyl halides is 1. The largest absolute Gasteiger partial charge is 0.124 e. The average Bonchev–Trinajstić information content (AvgIpc) is 2.34. The fourth-order valence-electron chi connectivity index (χ4n) is 1.12. The van der Waals surface area contributed by atoms with E-state index in [1.165, 1.54) is 16.2 Å². The minimum atomic E-state index is 0.577. The quantitative estimate of drug-likeness (QED) is 0.598. The summed E-state index contributed by atoms with van der Waals surface area (Å²) < 4.78 is 0. The van der Waals surface area contributed by atoms with E-state index in [9.17, 15) is 0 Å². The van der Waals surface area contributed by atoms with Crippen LogP contribution in [0.3, 0.4) is 0 Å². The first-order valence-electron chi connectivity index (χ1n) is 3.24. The number of hydrogen-bond acceptors (Lipinski definition) is 1. The van der Waals surface area contributed by atoms with E-state index in [4.69, 9.17) is 0 Å². The first kappa shape index (κ1) is 6.74. The zero-order valence-electron chi connectivity index (χ0n) is 5.38. The van der Waals surface area contributed by atoms with Gasteiger partial charge in [-0.25, -0.2) is 0 Å². The van der Waals surface area contributed by atoms with Gasteiger partial charge in [-0.3, -0.25) is 0 Å². The van der Waals surface area contributed by atoms with Crippen LogP contribution in [0, 0.1) is 0 Å². The van der Waals surface area contributed by atoms with Crippen LogP contribution in [0.25, 0.3) is 0 Å². The predicted octanol–water partition coefficient (Wildman–Crippen LogP) is 3.23. The highest BCUT2D eigenvalue weighted by Gasteiger charge is 2.18. The van der Waals surface area contributed by atoms with Crippen LogP contribution < -0.4 is 0 Å². The molecule has 0 spiro atoms. The molecule has 1 aromatic rings. The monoisotopic (exact) mass is 214 g/mol. The summed E-state index contributed by atoms with van der Waals surface area (Å²) in [6, 6.07) is 8.56. The lowest BCUT2D eigenvalue weighted by atomic mass is 10.2. The Morgan fingerprint density at radius 1 is 1.40 bits per heavy atom. The Kier molecular flexibility index (Phi) is 1.75. The Morgan fingerprint density at radius 2 is 2.20 bits per heavy atom. The second-order valence-electron chi connectivity index (χ2n) is 2.32. The van der Waals surface area contributed by atoms with Crippen molar-refractivity contribution in [1.29, 1.82) is 0 Å². The van der Waals surface area contributed by atoms with E-state index < -0.39 is 0 Å². The molecule has 0 saturated carbocycles. The second-order valence-corrected chi connectivity index (χ2v) is 4.48. The van der Waals surface area contributed by atoms with E-state index in [1.807, 2.05) is 11.8 Å². The summed E-state index contributed by atoms with van der Waals surface area (Å²) >= 11 is 5.55. The molecule has 1 heterocycles. The van der Waals surface area contributed by atoms with Crippen molar-refractivity contribution in [3.63, 3.8) is 0 Å². The number of fused-ring (bicyclic) bond motifs is 1. The van der Waals surface area contributed by atoms with Crippen molar-refractivity contribution in [2.45, 2.75) is 9.72 Å². The van der Waals surface area contributed by atoms with Crippen molar-refractivity contribution in [2.75, 3.05) is 5.75 Å². The van der Waals surface area contributed by atoms with Gasteiger partial charge >= 0.3 is 0 Å². The lowest BCUT2D eigenvalue weighted by Gasteiger charge is -1.98. The zero-order valence-corrected chi connectivity index (χ0v) is 7.78. The number of rotatable bonds is 0. The molecule has 1 unspecified atom stereocenters. The highest BCUT2D eigenvalue weighted by atomic mass is 79.9. The van der Waals surface area contributed by atoms with Crippen LogP contribution in [-0.4, -0.2) is 5.75 Å². The SMILES string of the molecule is BrC1CSc2ccccc21. The normalized spacial score (nSPS) is 22.7. The lowest BCUT2D eigenvalue weighted by Crippen LogP contribution is -1.82. The zero-order chi connectivity index (χ0) is 6.97.